The first-order chi connectivity index (χ1) is 38.6. The summed E-state index contributed by atoms with van der Waals surface area (Å²) in [5.41, 5.74) is 18.8. The number of rotatable bonds is 19. The topological polar surface area (TPSA) is 414 Å². The van der Waals surface area contributed by atoms with E-state index >= 15 is 0 Å². The number of H-pyrrole nitrogens is 2. The minimum absolute atomic E-state index is 0.0356. The molecule has 26 heteroatoms. The van der Waals surface area contributed by atoms with Gasteiger partial charge in [-0.1, -0.05) is 88.4 Å². The number of nitrogens with one attached hydrogen (secondary N) is 11. The van der Waals surface area contributed by atoms with Crippen LogP contribution >= 0.6 is 0 Å². The molecule has 0 radical (unpaired) electrons. The maximum Gasteiger partial charge on any atom is 0.243 e. The van der Waals surface area contributed by atoms with Gasteiger partial charge in [0.15, 0.2) is 5.96 Å². The Balaban J connectivity index is 1.39. The number of amides is 10. The molecule has 10 amide bonds. The van der Waals surface area contributed by atoms with Crippen molar-refractivity contribution in [2.45, 2.75) is 115 Å². The number of imidazole rings is 1. The number of hydrogen-bond donors (Lipinski definition) is 14. The minimum atomic E-state index is -1.59. The van der Waals surface area contributed by atoms with Crippen molar-refractivity contribution in [2.24, 2.45) is 34.0 Å². The second kappa shape index (κ2) is 29.0. The van der Waals surface area contributed by atoms with Crippen molar-refractivity contribution < 1.29 is 47.9 Å². The van der Waals surface area contributed by atoms with Crippen LogP contribution in [0.1, 0.15) is 70.2 Å². The molecule has 3 aromatic carbocycles. The van der Waals surface area contributed by atoms with E-state index in [1.165, 1.54) is 12.5 Å². The monoisotopic (exact) mass is 1120 g/mol. The number of carbonyl (C=O) groups excluding carboxylic acids is 10. The van der Waals surface area contributed by atoms with Crippen LogP contribution in [0, 0.1) is 11.8 Å². The Morgan fingerprint density at radius 1 is 0.679 bits per heavy atom. The number of hydrogen-bond acceptors (Lipinski definition) is 12. The highest BCUT2D eigenvalue weighted by Gasteiger charge is 2.36. The maximum atomic E-state index is 14.9. The third kappa shape index (κ3) is 18.1. The van der Waals surface area contributed by atoms with Gasteiger partial charge in [-0.3, -0.25) is 52.9 Å². The molecule has 0 spiro atoms. The van der Waals surface area contributed by atoms with E-state index in [2.05, 4.69) is 67.8 Å². The summed E-state index contributed by atoms with van der Waals surface area (Å²) in [6, 6.07) is 10.6. The van der Waals surface area contributed by atoms with E-state index in [-0.39, 0.29) is 44.6 Å². The van der Waals surface area contributed by atoms with Gasteiger partial charge >= 0.3 is 0 Å². The Kier molecular flexibility index (Phi) is 21.8. The molecule has 0 unspecified atom stereocenters. The summed E-state index contributed by atoms with van der Waals surface area (Å²) >= 11 is 0. The van der Waals surface area contributed by atoms with Gasteiger partial charge in [0.05, 0.1) is 19.4 Å². The molecule has 2 aromatic heterocycles. The molecule has 81 heavy (non-hydrogen) atoms. The van der Waals surface area contributed by atoms with Gasteiger partial charge in [0.2, 0.25) is 59.1 Å². The van der Waals surface area contributed by atoms with Crippen molar-refractivity contribution in [3.8, 4) is 0 Å². The predicted molar refractivity (Wildman–Crippen MR) is 299 cm³/mol. The normalized spacial score (nSPS) is 19.7. The largest absolute Gasteiger partial charge is 0.370 e. The lowest BCUT2D eigenvalue weighted by Crippen LogP contribution is -2.61. The first-order valence-corrected chi connectivity index (χ1v) is 26.6. The zero-order valence-corrected chi connectivity index (χ0v) is 45.6. The third-order valence-corrected chi connectivity index (χ3v) is 13.5. The highest BCUT2D eigenvalue weighted by molar-refractivity contribution is 5.99. The molecule has 1 aliphatic heterocycles. The van der Waals surface area contributed by atoms with Crippen LogP contribution in [-0.2, 0) is 67.2 Å². The number of nitrogens with two attached hydrogens (primary N) is 3. The van der Waals surface area contributed by atoms with Gasteiger partial charge in [0.1, 0.15) is 42.3 Å². The Labute approximate surface area is 466 Å². The van der Waals surface area contributed by atoms with E-state index in [9.17, 15) is 47.9 Å². The summed E-state index contributed by atoms with van der Waals surface area (Å²) < 4.78 is 0. The Morgan fingerprint density at radius 3 is 1.99 bits per heavy atom. The van der Waals surface area contributed by atoms with Crippen LogP contribution < -0.4 is 65.1 Å². The minimum Gasteiger partial charge on any atom is -0.370 e. The molecular weight excluding hydrogens is 1040 g/mol. The van der Waals surface area contributed by atoms with Crippen molar-refractivity contribution in [1.82, 2.24) is 62.8 Å². The second-order valence-corrected chi connectivity index (χ2v) is 20.5. The lowest BCUT2D eigenvalue weighted by Gasteiger charge is -2.29. The number of aliphatic imine (C=N–C) groups is 1. The number of fused-ring (bicyclic) bond motifs is 2. The third-order valence-electron chi connectivity index (χ3n) is 13.5. The molecule has 0 saturated carbocycles. The predicted octanol–water partition coefficient (Wildman–Crippen LogP) is -1.66. The molecule has 0 bridgehead atoms. The average Bonchev–Trinajstić information content (AvgIpc) is 4.16. The fourth-order valence-corrected chi connectivity index (χ4v) is 9.14. The van der Waals surface area contributed by atoms with E-state index in [4.69, 9.17) is 17.2 Å². The number of nitrogens with zero attached hydrogens (tertiary/aromatic N) is 2. The van der Waals surface area contributed by atoms with Crippen LogP contribution in [0.25, 0.3) is 21.7 Å². The van der Waals surface area contributed by atoms with Crippen molar-refractivity contribution in [1.29, 1.82) is 0 Å². The molecule has 0 aliphatic carbocycles. The Morgan fingerprint density at radius 2 is 1.31 bits per heavy atom. The molecule has 6 rings (SSSR count). The van der Waals surface area contributed by atoms with Crippen LogP contribution in [0.4, 0.5) is 0 Å². The molecule has 1 fully saturated rings. The Hall–Kier alpha value is -9.36. The van der Waals surface area contributed by atoms with Gasteiger partial charge in [0, 0.05) is 61.2 Å². The summed E-state index contributed by atoms with van der Waals surface area (Å²) in [6.07, 6.45) is 3.25. The summed E-state index contributed by atoms with van der Waals surface area (Å²) in [5.74, 6) is -9.48. The van der Waals surface area contributed by atoms with Gasteiger partial charge in [-0.15, -0.1) is 0 Å². The number of benzene rings is 3. The molecule has 3 heterocycles. The molecule has 5 aromatic rings. The van der Waals surface area contributed by atoms with Crippen LogP contribution in [0.5, 0.6) is 0 Å². The number of aromatic amines is 2. The lowest BCUT2D eigenvalue weighted by molar-refractivity contribution is -0.136. The molecule has 26 nitrogen and oxygen atoms in total. The number of carbonyl (C=O) groups is 10. The summed E-state index contributed by atoms with van der Waals surface area (Å²) in [4.78, 5) is 154. The standard InChI is InChI=1S/C55H72N16O10/c1-29(2)46(53(80)63-26-43(56)72)71-54(81)47(30(3)4)70-49(76)39-17-18-44(73)62-27-45(74)65-42(23-35-25-59-28-64-35)52(79)68-40(21-31-15-16-32-10-5-6-11-33(32)20-31)50(77)66-38(14-9-19-60-55(57)58)48(75)69-41(51(78)67-39)22-34-24-61-37-13-8-7-12-36(34)37/h5-8,10-13,15-16,20,24-25,28-30,38-42,46-47,61H,9,14,17-19,21-23,26-27H2,1-4H3,(H2,56,72)(H,59,64)(H,62,73)(H,63,80)(H,65,74)(H,66,77)(H,67,78)(H,68,79)(H,69,75)(H,70,76)(H,71,81)(H4,57,58,60)/t38-,39-,40+,41-,42-,46-,47-/m0/s1. The quantitative estimate of drug-likeness (QED) is 0.0251. The number of aromatic nitrogens is 3. The van der Waals surface area contributed by atoms with Gasteiger partial charge in [0.25, 0.3) is 0 Å². The first kappa shape index (κ1) is 60.9. The highest BCUT2D eigenvalue weighted by atomic mass is 16.2. The molecule has 7 atom stereocenters. The van der Waals surface area contributed by atoms with Crippen molar-refractivity contribution in [3.63, 3.8) is 0 Å². The molecule has 17 N–H and O–H groups in total. The fraction of sp³-hybridized carbons (Fsp3) is 0.418. The van der Waals surface area contributed by atoms with Crippen molar-refractivity contribution in [3.05, 3.63) is 102 Å². The number of guanidine groups is 1. The van der Waals surface area contributed by atoms with E-state index < -0.39 is 139 Å². The molecule has 1 saturated heterocycles. The van der Waals surface area contributed by atoms with Gasteiger partial charge < -0.3 is 75.0 Å². The van der Waals surface area contributed by atoms with Crippen molar-refractivity contribution >= 4 is 86.7 Å². The lowest BCUT2D eigenvalue weighted by atomic mass is 9.98. The highest BCUT2D eigenvalue weighted by Crippen LogP contribution is 2.21. The summed E-state index contributed by atoms with van der Waals surface area (Å²) in [7, 11) is 0. The maximum absolute atomic E-state index is 14.9. The van der Waals surface area contributed by atoms with Gasteiger partial charge in [-0.2, -0.15) is 0 Å². The zero-order valence-electron chi connectivity index (χ0n) is 45.6. The first-order valence-electron chi connectivity index (χ1n) is 26.6. The average molecular weight is 1120 g/mol. The van der Waals surface area contributed by atoms with E-state index in [0.717, 1.165) is 10.8 Å². The molecule has 432 valence electrons. The summed E-state index contributed by atoms with van der Waals surface area (Å²) in [5, 5.41) is 26.3. The van der Waals surface area contributed by atoms with E-state index in [0.29, 0.717) is 27.7 Å². The zero-order chi connectivity index (χ0) is 58.8. The van der Waals surface area contributed by atoms with Gasteiger partial charge in [-0.25, -0.2) is 4.98 Å². The smallest absolute Gasteiger partial charge is 0.243 e. The SMILES string of the molecule is CC(C)[C@H](NC(=O)[C@@H]1CCC(=O)NCC(=O)N[C@@H](Cc2cnc[nH]2)C(=O)N[C@H](Cc2ccc3ccccc3c2)C(=O)N[C@@H](CCCN=C(N)N)C(=O)N[C@@H](Cc2c[nH]c3ccccc23)C(=O)N1)C(=O)N[C@H](C(=O)NCC(N)=O)C(C)C. The van der Waals surface area contributed by atoms with E-state index in [1.54, 1.807) is 58.2 Å². The van der Waals surface area contributed by atoms with E-state index in [1.807, 2.05) is 42.5 Å². The van der Waals surface area contributed by atoms with Crippen LogP contribution in [0.15, 0.2) is 90.4 Å². The Bertz CT molecular complexity index is 3100. The number of primary amides is 1. The van der Waals surface area contributed by atoms with Crippen LogP contribution in [0.2, 0.25) is 0 Å². The molecular formula is C55H72N16O10. The fourth-order valence-electron chi connectivity index (χ4n) is 9.14. The molecule has 1 aliphatic rings. The van der Waals surface area contributed by atoms with Gasteiger partial charge in [-0.05, 0) is 59.1 Å². The van der Waals surface area contributed by atoms with Crippen LogP contribution in [0.3, 0.4) is 0 Å². The second-order valence-electron chi connectivity index (χ2n) is 20.5. The van der Waals surface area contributed by atoms with Crippen molar-refractivity contribution in [2.75, 3.05) is 19.6 Å². The summed E-state index contributed by atoms with van der Waals surface area (Å²) in [6.45, 7) is 5.46. The van der Waals surface area contributed by atoms with Crippen LogP contribution in [-0.4, -0.2) is 142 Å². The number of para-hydroxylation sites is 1.